The average Bonchev–Trinajstić information content (AvgIpc) is 2.65. The van der Waals surface area contributed by atoms with E-state index in [4.69, 9.17) is 36.5 Å². The van der Waals surface area contributed by atoms with Gasteiger partial charge >= 0.3 is 9.53 Å². The lowest BCUT2D eigenvalue weighted by Gasteiger charge is -2.12. The van der Waals surface area contributed by atoms with Gasteiger partial charge in [0.15, 0.2) is 0 Å². The van der Waals surface area contributed by atoms with Gasteiger partial charge in [-0.2, -0.15) is 0 Å². The maximum absolute atomic E-state index is 5.72. The van der Waals surface area contributed by atoms with Gasteiger partial charge in [0.25, 0.3) is 0 Å². The van der Waals surface area contributed by atoms with Gasteiger partial charge in [-0.05, 0) is 40.0 Å². The number of halogens is 2. The number of hydrogen-bond donors (Lipinski definition) is 0. The van der Waals surface area contributed by atoms with Gasteiger partial charge in [0.05, 0.1) is 0 Å². The monoisotopic (exact) mass is 302 g/mol. The number of hydrogen-bond acceptors (Lipinski definition) is 3. The van der Waals surface area contributed by atoms with Crippen LogP contribution in [0.15, 0.2) is 0 Å². The summed E-state index contributed by atoms with van der Waals surface area (Å²) < 4.78 is 15.7. The summed E-state index contributed by atoms with van der Waals surface area (Å²) in [5, 5.41) is 0.727. The van der Waals surface area contributed by atoms with Gasteiger partial charge in [-0.1, -0.05) is 0 Å². The Balaban J connectivity index is 0.000000318. The average molecular weight is 303 g/mol. The van der Waals surface area contributed by atoms with Crippen molar-refractivity contribution in [1.29, 1.82) is 0 Å². The van der Waals surface area contributed by atoms with Crippen LogP contribution in [-0.4, -0.2) is 40.1 Å². The van der Waals surface area contributed by atoms with Crippen LogP contribution in [0.3, 0.4) is 0 Å². The van der Waals surface area contributed by atoms with Crippen LogP contribution in [-0.2, 0) is 13.3 Å². The van der Waals surface area contributed by atoms with Crippen LogP contribution in [0.1, 0.15) is 40.0 Å². The predicted molar refractivity (Wildman–Crippen MR) is 75.2 cm³/mol. The third kappa shape index (κ3) is 10.3. The smallest absolute Gasteiger partial charge is 0.376 e. The lowest BCUT2D eigenvalue weighted by Crippen LogP contribution is -2.27. The summed E-state index contributed by atoms with van der Waals surface area (Å²) in [5.41, 5.74) is 0. The highest BCUT2D eigenvalue weighted by atomic mass is 35.5. The molecule has 0 heterocycles. The molecule has 17 heavy (non-hydrogen) atoms. The van der Waals surface area contributed by atoms with Gasteiger partial charge in [0.1, 0.15) is 0 Å². The first kappa shape index (κ1) is 17.7. The van der Waals surface area contributed by atoms with Crippen LogP contribution in [0, 0.1) is 0 Å². The molecular formula is C11H24Cl2O3Si. The van der Waals surface area contributed by atoms with Crippen molar-refractivity contribution in [2.24, 2.45) is 0 Å². The molecule has 1 rings (SSSR count). The molecule has 0 saturated heterocycles. The molecule has 3 nitrogen and oxygen atoms in total. The first-order chi connectivity index (χ1) is 8.13. The van der Waals surface area contributed by atoms with Gasteiger partial charge < -0.3 is 13.3 Å². The summed E-state index contributed by atoms with van der Waals surface area (Å²) in [6.07, 6.45) is 3.22. The Bertz CT molecular complexity index is 153. The first-order valence-corrected chi connectivity index (χ1v) is 8.55. The summed E-state index contributed by atoms with van der Waals surface area (Å²) >= 11 is 11.4. The Hall–Kier alpha value is 0.677. The Morgan fingerprint density at radius 1 is 0.882 bits per heavy atom. The molecular weight excluding hydrogens is 279 g/mol. The van der Waals surface area contributed by atoms with Crippen molar-refractivity contribution in [3.63, 3.8) is 0 Å². The largest absolute Gasteiger partial charge is 0.484 e. The minimum Gasteiger partial charge on any atom is -0.376 e. The molecule has 0 spiro atoms. The quantitative estimate of drug-likeness (QED) is 0.557. The second kappa shape index (κ2) is 11.7. The minimum atomic E-state index is -1.73. The maximum Gasteiger partial charge on any atom is 0.484 e. The van der Waals surface area contributed by atoms with Crippen molar-refractivity contribution >= 4 is 32.7 Å². The van der Waals surface area contributed by atoms with E-state index in [-0.39, 0.29) is 0 Å². The first-order valence-electron chi connectivity index (χ1n) is 6.26. The maximum atomic E-state index is 5.72. The molecule has 0 N–H and O–H groups in total. The highest BCUT2D eigenvalue weighted by molar-refractivity contribution is 6.36. The molecule has 1 aliphatic rings. The highest BCUT2D eigenvalue weighted by Crippen LogP contribution is 2.27. The van der Waals surface area contributed by atoms with Crippen molar-refractivity contribution in [2.75, 3.05) is 19.8 Å². The van der Waals surface area contributed by atoms with Crippen LogP contribution in [0.2, 0.25) is 0 Å². The van der Waals surface area contributed by atoms with Gasteiger partial charge in [-0.25, -0.2) is 0 Å². The van der Waals surface area contributed by atoms with Crippen molar-refractivity contribution in [3.8, 4) is 0 Å². The fraction of sp³-hybridized carbons (Fsp3) is 1.00. The summed E-state index contributed by atoms with van der Waals surface area (Å²) in [6.45, 7) is 7.86. The van der Waals surface area contributed by atoms with Crippen LogP contribution < -0.4 is 0 Å². The Labute approximate surface area is 117 Å². The second-order valence-corrected chi connectivity index (χ2v) is 6.47. The summed E-state index contributed by atoms with van der Waals surface area (Å²) in [6, 6.07) is 0. The molecule has 0 aromatic heterocycles. The molecule has 0 amide bonds. The Morgan fingerprint density at radius 2 is 1.24 bits per heavy atom. The SMILES string of the molecule is CCO[SiH](OCC)OCC.ClC1CCC(Cl)C1. The van der Waals surface area contributed by atoms with Crippen molar-refractivity contribution in [1.82, 2.24) is 0 Å². The zero-order chi connectivity index (χ0) is 13.1. The van der Waals surface area contributed by atoms with E-state index in [1.54, 1.807) is 0 Å². The summed E-state index contributed by atoms with van der Waals surface area (Å²) in [7, 11) is -1.73. The van der Waals surface area contributed by atoms with Crippen LogP contribution in [0.5, 0.6) is 0 Å². The highest BCUT2D eigenvalue weighted by Gasteiger charge is 2.19. The van der Waals surface area contributed by atoms with Crippen LogP contribution in [0.25, 0.3) is 0 Å². The van der Waals surface area contributed by atoms with E-state index in [9.17, 15) is 0 Å². The lowest BCUT2D eigenvalue weighted by molar-refractivity contribution is 0.107. The van der Waals surface area contributed by atoms with Crippen LogP contribution in [0.4, 0.5) is 0 Å². The molecule has 0 radical (unpaired) electrons. The van der Waals surface area contributed by atoms with Crippen molar-refractivity contribution in [3.05, 3.63) is 0 Å². The minimum absolute atomic E-state index is 0.363. The molecule has 0 aromatic carbocycles. The lowest BCUT2D eigenvalue weighted by atomic mass is 10.4. The van der Waals surface area contributed by atoms with Crippen molar-refractivity contribution in [2.45, 2.75) is 50.8 Å². The van der Waals surface area contributed by atoms with E-state index in [1.807, 2.05) is 20.8 Å². The van der Waals surface area contributed by atoms with E-state index in [2.05, 4.69) is 0 Å². The molecule has 1 aliphatic carbocycles. The molecule has 6 heteroatoms. The van der Waals surface area contributed by atoms with Gasteiger partial charge in [-0.15, -0.1) is 23.2 Å². The predicted octanol–water partition coefficient (Wildman–Crippen LogP) is 3.20. The van der Waals surface area contributed by atoms with E-state index in [1.165, 1.54) is 0 Å². The molecule has 1 fully saturated rings. The molecule has 0 aliphatic heterocycles. The fourth-order valence-electron chi connectivity index (χ4n) is 1.43. The second-order valence-electron chi connectivity index (χ2n) is 3.66. The van der Waals surface area contributed by atoms with E-state index in [0.717, 1.165) is 19.3 Å². The molecule has 0 aromatic rings. The Kier molecular flexibility index (Phi) is 12.2. The Morgan fingerprint density at radius 3 is 1.41 bits per heavy atom. The van der Waals surface area contributed by atoms with Crippen molar-refractivity contribution < 1.29 is 13.3 Å². The van der Waals surface area contributed by atoms with Crippen LogP contribution >= 0.6 is 23.2 Å². The molecule has 1 saturated carbocycles. The van der Waals surface area contributed by atoms with Gasteiger partial charge in [0, 0.05) is 30.6 Å². The molecule has 0 bridgehead atoms. The number of alkyl halides is 2. The van der Waals surface area contributed by atoms with E-state index < -0.39 is 9.53 Å². The van der Waals surface area contributed by atoms with Gasteiger partial charge in [0.2, 0.25) is 0 Å². The fourth-order valence-corrected chi connectivity index (χ4v) is 3.31. The normalized spacial score (nSPS) is 23.6. The standard InChI is InChI=1S/C6H16O3Si.C5H8Cl2/c1-4-7-10(8-5-2)9-6-3;6-4-1-2-5(7)3-4/h10H,4-6H2,1-3H3;4-5H,1-3H2. The summed E-state index contributed by atoms with van der Waals surface area (Å²) in [5.74, 6) is 0. The van der Waals surface area contributed by atoms with E-state index >= 15 is 0 Å². The zero-order valence-corrected chi connectivity index (χ0v) is 13.6. The van der Waals surface area contributed by atoms with Gasteiger partial charge in [-0.3, -0.25) is 0 Å². The summed E-state index contributed by atoms with van der Waals surface area (Å²) in [4.78, 5) is 0. The van der Waals surface area contributed by atoms with E-state index in [0.29, 0.717) is 30.6 Å². The molecule has 2 atom stereocenters. The molecule has 2 unspecified atom stereocenters. The number of rotatable bonds is 6. The molecule has 104 valence electrons. The third-order valence-corrected chi connectivity index (χ3v) is 4.82. The topological polar surface area (TPSA) is 27.7 Å². The third-order valence-electron chi connectivity index (χ3n) is 2.21. The zero-order valence-electron chi connectivity index (χ0n) is 11.0.